The molecule has 0 aliphatic heterocycles. The quantitative estimate of drug-likeness (QED) is 0.822. The van der Waals surface area contributed by atoms with Gasteiger partial charge in [0.15, 0.2) is 0 Å². The summed E-state index contributed by atoms with van der Waals surface area (Å²) in [5.74, 6) is 0.380. The SMILES string of the molecule is CCNCC(C)c1ccc(COCC(F)(F)F)cc1. The maximum Gasteiger partial charge on any atom is 0.411 e. The minimum Gasteiger partial charge on any atom is -0.367 e. The van der Waals surface area contributed by atoms with E-state index >= 15 is 0 Å². The van der Waals surface area contributed by atoms with Gasteiger partial charge in [-0.2, -0.15) is 13.2 Å². The first kappa shape index (κ1) is 16.0. The van der Waals surface area contributed by atoms with Crippen LogP contribution in [0.5, 0.6) is 0 Å². The molecule has 0 saturated carbocycles. The second-order valence-corrected chi connectivity index (χ2v) is 4.56. The highest BCUT2D eigenvalue weighted by molar-refractivity contribution is 5.24. The fraction of sp³-hybridized carbons (Fsp3) is 0.571. The van der Waals surface area contributed by atoms with E-state index in [0.717, 1.165) is 18.7 Å². The second-order valence-electron chi connectivity index (χ2n) is 4.56. The third kappa shape index (κ3) is 6.59. The first-order chi connectivity index (χ1) is 8.92. The molecule has 0 spiro atoms. The second kappa shape index (κ2) is 7.50. The third-order valence-electron chi connectivity index (χ3n) is 2.78. The Hall–Kier alpha value is -1.07. The van der Waals surface area contributed by atoms with E-state index < -0.39 is 12.8 Å². The van der Waals surface area contributed by atoms with Crippen LogP contribution >= 0.6 is 0 Å². The number of likely N-dealkylation sites (N-methyl/N-ethyl adjacent to an activating group) is 1. The van der Waals surface area contributed by atoms with Crippen molar-refractivity contribution in [3.8, 4) is 0 Å². The van der Waals surface area contributed by atoms with Crippen LogP contribution in [-0.2, 0) is 11.3 Å². The zero-order valence-electron chi connectivity index (χ0n) is 11.3. The fourth-order valence-corrected chi connectivity index (χ4v) is 1.71. The van der Waals surface area contributed by atoms with Gasteiger partial charge < -0.3 is 10.1 Å². The number of hydrogen-bond donors (Lipinski definition) is 1. The van der Waals surface area contributed by atoms with E-state index in [1.54, 1.807) is 0 Å². The predicted molar refractivity (Wildman–Crippen MR) is 69.1 cm³/mol. The molecule has 1 aromatic rings. The standard InChI is InChI=1S/C14H20F3NO/c1-3-18-8-11(2)13-6-4-12(5-7-13)9-19-10-14(15,16)17/h4-7,11,18H,3,8-10H2,1-2H3. The van der Waals surface area contributed by atoms with E-state index in [2.05, 4.69) is 17.0 Å². The molecule has 0 heterocycles. The van der Waals surface area contributed by atoms with Crippen LogP contribution in [0, 0.1) is 0 Å². The maximum absolute atomic E-state index is 11.9. The van der Waals surface area contributed by atoms with Gasteiger partial charge >= 0.3 is 6.18 Å². The van der Waals surface area contributed by atoms with Crippen molar-refractivity contribution in [2.75, 3.05) is 19.7 Å². The summed E-state index contributed by atoms with van der Waals surface area (Å²) in [7, 11) is 0. The highest BCUT2D eigenvalue weighted by atomic mass is 19.4. The lowest BCUT2D eigenvalue weighted by molar-refractivity contribution is -0.176. The van der Waals surface area contributed by atoms with Crippen LogP contribution in [0.15, 0.2) is 24.3 Å². The van der Waals surface area contributed by atoms with E-state index in [1.807, 2.05) is 31.2 Å². The van der Waals surface area contributed by atoms with Gasteiger partial charge in [0.1, 0.15) is 6.61 Å². The molecule has 108 valence electrons. The Morgan fingerprint density at radius 3 is 2.37 bits per heavy atom. The Balaban J connectivity index is 2.43. The predicted octanol–water partition coefficient (Wildman–Crippen LogP) is 3.48. The number of nitrogens with one attached hydrogen (secondary N) is 1. The Morgan fingerprint density at radius 2 is 1.84 bits per heavy atom. The Morgan fingerprint density at radius 1 is 1.21 bits per heavy atom. The summed E-state index contributed by atoms with van der Waals surface area (Å²) in [5, 5.41) is 3.26. The van der Waals surface area contributed by atoms with Crippen molar-refractivity contribution >= 4 is 0 Å². The number of halogens is 3. The molecule has 0 radical (unpaired) electrons. The number of benzene rings is 1. The topological polar surface area (TPSA) is 21.3 Å². The van der Waals surface area contributed by atoms with Crippen molar-refractivity contribution in [1.29, 1.82) is 0 Å². The van der Waals surface area contributed by atoms with Crippen LogP contribution in [0.25, 0.3) is 0 Å². The molecular weight excluding hydrogens is 255 g/mol. The van der Waals surface area contributed by atoms with Gasteiger partial charge in [-0.25, -0.2) is 0 Å². The molecule has 0 saturated heterocycles. The summed E-state index contributed by atoms with van der Waals surface area (Å²) in [5.41, 5.74) is 1.92. The molecule has 1 N–H and O–H groups in total. The van der Waals surface area contributed by atoms with Crippen molar-refractivity contribution < 1.29 is 17.9 Å². The van der Waals surface area contributed by atoms with Crippen LogP contribution in [0.4, 0.5) is 13.2 Å². The monoisotopic (exact) mass is 275 g/mol. The molecule has 0 aliphatic carbocycles. The lowest BCUT2D eigenvalue weighted by atomic mass is 10.00. The van der Waals surface area contributed by atoms with Crippen molar-refractivity contribution in [2.45, 2.75) is 32.5 Å². The number of ether oxygens (including phenoxy) is 1. The van der Waals surface area contributed by atoms with E-state index in [0.29, 0.717) is 5.92 Å². The van der Waals surface area contributed by atoms with Crippen LogP contribution in [0.3, 0.4) is 0 Å². The van der Waals surface area contributed by atoms with Gasteiger partial charge in [-0.15, -0.1) is 0 Å². The molecule has 0 fully saturated rings. The lowest BCUT2D eigenvalue weighted by Crippen LogP contribution is -2.19. The van der Waals surface area contributed by atoms with Crippen LogP contribution in [-0.4, -0.2) is 25.9 Å². The molecule has 0 bridgehead atoms. The van der Waals surface area contributed by atoms with Gasteiger partial charge in [0, 0.05) is 6.54 Å². The zero-order valence-corrected chi connectivity index (χ0v) is 11.3. The molecule has 1 aromatic carbocycles. The highest BCUT2D eigenvalue weighted by Gasteiger charge is 2.27. The summed E-state index contributed by atoms with van der Waals surface area (Å²) in [6.07, 6.45) is -4.26. The molecule has 2 nitrogen and oxygen atoms in total. The van der Waals surface area contributed by atoms with Crippen molar-refractivity contribution in [1.82, 2.24) is 5.32 Å². The summed E-state index contributed by atoms with van der Waals surface area (Å²) in [6, 6.07) is 7.50. The number of rotatable bonds is 7. The Kier molecular flexibility index (Phi) is 6.31. The van der Waals surface area contributed by atoms with Crippen LogP contribution < -0.4 is 5.32 Å². The van der Waals surface area contributed by atoms with E-state index in [1.165, 1.54) is 5.56 Å². The molecule has 1 atom stereocenters. The average molecular weight is 275 g/mol. The van der Waals surface area contributed by atoms with Crippen LogP contribution in [0.2, 0.25) is 0 Å². The zero-order chi connectivity index (χ0) is 14.3. The molecule has 1 rings (SSSR count). The minimum absolute atomic E-state index is 0.0125. The van der Waals surface area contributed by atoms with Gasteiger partial charge in [-0.1, -0.05) is 38.1 Å². The van der Waals surface area contributed by atoms with E-state index in [-0.39, 0.29) is 6.61 Å². The van der Waals surface area contributed by atoms with Gasteiger partial charge in [0.05, 0.1) is 6.61 Å². The average Bonchev–Trinajstić information content (AvgIpc) is 2.35. The van der Waals surface area contributed by atoms with Gasteiger partial charge in [0.2, 0.25) is 0 Å². The first-order valence-corrected chi connectivity index (χ1v) is 6.36. The summed E-state index contributed by atoms with van der Waals surface area (Å²) in [4.78, 5) is 0. The van der Waals surface area contributed by atoms with Gasteiger partial charge in [-0.05, 0) is 23.6 Å². The fourth-order valence-electron chi connectivity index (χ4n) is 1.71. The van der Waals surface area contributed by atoms with Crippen molar-refractivity contribution in [3.05, 3.63) is 35.4 Å². The molecule has 0 aliphatic rings. The van der Waals surface area contributed by atoms with E-state index in [9.17, 15) is 13.2 Å². The third-order valence-corrected chi connectivity index (χ3v) is 2.78. The summed E-state index contributed by atoms with van der Waals surface area (Å²) >= 11 is 0. The Labute approximate surface area is 112 Å². The summed E-state index contributed by atoms with van der Waals surface area (Å²) in [6.45, 7) is 4.76. The minimum atomic E-state index is -4.26. The first-order valence-electron chi connectivity index (χ1n) is 6.36. The van der Waals surface area contributed by atoms with Gasteiger partial charge in [-0.3, -0.25) is 0 Å². The molecule has 1 unspecified atom stereocenters. The largest absolute Gasteiger partial charge is 0.411 e. The molecular formula is C14H20F3NO. The Bertz CT molecular complexity index is 362. The maximum atomic E-state index is 11.9. The lowest BCUT2D eigenvalue weighted by Gasteiger charge is -2.13. The van der Waals surface area contributed by atoms with E-state index in [4.69, 9.17) is 0 Å². The smallest absolute Gasteiger partial charge is 0.367 e. The number of alkyl halides is 3. The summed E-state index contributed by atoms with van der Waals surface area (Å²) < 4.78 is 40.4. The molecule has 19 heavy (non-hydrogen) atoms. The normalized spacial score (nSPS) is 13.5. The molecule has 5 heteroatoms. The van der Waals surface area contributed by atoms with Crippen molar-refractivity contribution in [3.63, 3.8) is 0 Å². The van der Waals surface area contributed by atoms with Gasteiger partial charge in [0.25, 0.3) is 0 Å². The molecule has 0 aromatic heterocycles. The number of hydrogen-bond acceptors (Lipinski definition) is 2. The molecule has 0 amide bonds. The van der Waals surface area contributed by atoms with Crippen LogP contribution in [0.1, 0.15) is 30.9 Å². The highest BCUT2D eigenvalue weighted by Crippen LogP contribution is 2.17. The van der Waals surface area contributed by atoms with Crippen molar-refractivity contribution in [2.24, 2.45) is 0 Å².